The first-order valence-corrected chi connectivity index (χ1v) is 6.51. The van der Waals surface area contributed by atoms with Gasteiger partial charge < -0.3 is 5.32 Å². The zero-order chi connectivity index (χ0) is 15.6. The van der Waals surface area contributed by atoms with Gasteiger partial charge in [0.25, 0.3) is 11.6 Å². The number of amides is 1. The van der Waals surface area contributed by atoms with Gasteiger partial charge in [0, 0.05) is 24.4 Å². The van der Waals surface area contributed by atoms with Gasteiger partial charge in [-0.1, -0.05) is 13.0 Å². The molecule has 0 aliphatic carbocycles. The maximum absolute atomic E-state index is 12.1. The number of nitrogens with one attached hydrogen (secondary N) is 1. The molecule has 1 aromatic heterocycles. The minimum absolute atomic E-state index is 0.0106. The van der Waals surface area contributed by atoms with Crippen molar-refractivity contribution in [2.75, 3.05) is 5.32 Å². The lowest BCUT2D eigenvalue weighted by Crippen LogP contribution is -2.16. The Morgan fingerprint density at radius 1 is 1.43 bits per heavy atom. The number of anilines is 1. The van der Waals surface area contributed by atoms with Crippen molar-refractivity contribution in [3.8, 4) is 0 Å². The maximum atomic E-state index is 12.1. The first-order valence-electron chi connectivity index (χ1n) is 6.51. The molecular formula is C14H16N4O3. The van der Waals surface area contributed by atoms with E-state index in [-0.39, 0.29) is 11.6 Å². The number of hydrogen-bond acceptors (Lipinski definition) is 4. The second-order valence-corrected chi connectivity index (χ2v) is 4.70. The first kappa shape index (κ1) is 14.7. The summed E-state index contributed by atoms with van der Waals surface area (Å²) >= 11 is 0. The van der Waals surface area contributed by atoms with E-state index in [1.165, 1.54) is 10.7 Å². The zero-order valence-corrected chi connectivity index (χ0v) is 12.1. The molecule has 110 valence electrons. The standard InChI is InChI=1S/C14H16N4O3/c1-4-10-5-6-11(8-12(10)18(20)21)15-14(19)13-7-9(2)16-17(13)3/h5-8H,4H2,1-3H3,(H,15,19). The Morgan fingerprint density at radius 3 is 2.67 bits per heavy atom. The summed E-state index contributed by atoms with van der Waals surface area (Å²) in [6.45, 7) is 3.64. The predicted molar refractivity (Wildman–Crippen MR) is 78.4 cm³/mol. The fourth-order valence-electron chi connectivity index (χ4n) is 2.13. The van der Waals surface area contributed by atoms with Gasteiger partial charge in [0.05, 0.1) is 10.6 Å². The summed E-state index contributed by atoms with van der Waals surface area (Å²) in [7, 11) is 1.67. The number of aryl methyl sites for hydroxylation is 3. The number of rotatable bonds is 4. The third-order valence-corrected chi connectivity index (χ3v) is 3.16. The molecule has 7 nitrogen and oxygen atoms in total. The Morgan fingerprint density at radius 2 is 2.14 bits per heavy atom. The second kappa shape index (κ2) is 5.74. The van der Waals surface area contributed by atoms with Crippen LogP contribution in [0.3, 0.4) is 0 Å². The largest absolute Gasteiger partial charge is 0.320 e. The Labute approximate surface area is 121 Å². The number of aromatic nitrogens is 2. The molecule has 0 atom stereocenters. The summed E-state index contributed by atoms with van der Waals surface area (Å²) in [5, 5.41) is 17.8. The molecule has 7 heteroatoms. The SMILES string of the molecule is CCc1ccc(NC(=O)c2cc(C)nn2C)cc1[N+](=O)[O-]. The first-order chi connectivity index (χ1) is 9.92. The maximum Gasteiger partial charge on any atom is 0.274 e. The van der Waals surface area contributed by atoms with Crippen molar-refractivity contribution in [2.24, 2.45) is 7.05 Å². The summed E-state index contributed by atoms with van der Waals surface area (Å²) in [5.74, 6) is -0.350. The molecule has 0 aliphatic rings. The number of nitro benzene ring substituents is 1. The van der Waals surface area contributed by atoms with Crippen LogP contribution in [0.15, 0.2) is 24.3 Å². The second-order valence-electron chi connectivity index (χ2n) is 4.70. The lowest BCUT2D eigenvalue weighted by molar-refractivity contribution is -0.385. The van der Waals surface area contributed by atoms with Gasteiger partial charge in [0.2, 0.25) is 0 Å². The van der Waals surface area contributed by atoms with Crippen molar-refractivity contribution in [1.29, 1.82) is 0 Å². The Hall–Kier alpha value is -2.70. The van der Waals surface area contributed by atoms with E-state index in [9.17, 15) is 14.9 Å². The fraction of sp³-hybridized carbons (Fsp3) is 0.286. The minimum atomic E-state index is -0.442. The van der Waals surface area contributed by atoms with Gasteiger partial charge in [-0.05, 0) is 25.5 Å². The molecule has 1 heterocycles. The van der Waals surface area contributed by atoms with Gasteiger partial charge in [-0.2, -0.15) is 5.10 Å². The average Bonchev–Trinajstić information content (AvgIpc) is 2.77. The molecule has 0 spiro atoms. The highest BCUT2D eigenvalue weighted by Gasteiger charge is 2.16. The summed E-state index contributed by atoms with van der Waals surface area (Å²) in [5.41, 5.74) is 2.17. The van der Waals surface area contributed by atoms with Crippen LogP contribution in [-0.4, -0.2) is 20.6 Å². The smallest absolute Gasteiger partial charge is 0.274 e. The number of nitrogens with zero attached hydrogens (tertiary/aromatic N) is 3. The van der Waals surface area contributed by atoms with Crippen molar-refractivity contribution in [3.63, 3.8) is 0 Å². The molecule has 0 saturated heterocycles. The number of benzene rings is 1. The molecule has 1 amide bonds. The highest BCUT2D eigenvalue weighted by atomic mass is 16.6. The molecule has 0 aliphatic heterocycles. The Kier molecular flexibility index (Phi) is 4.02. The van der Waals surface area contributed by atoms with E-state index in [1.807, 2.05) is 6.92 Å². The van der Waals surface area contributed by atoms with Crippen molar-refractivity contribution < 1.29 is 9.72 Å². The molecule has 21 heavy (non-hydrogen) atoms. The van der Waals surface area contributed by atoms with E-state index in [2.05, 4.69) is 10.4 Å². The molecule has 2 aromatic rings. The molecule has 1 N–H and O–H groups in total. The van der Waals surface area contributed by atoms with E-state index in [1.54, 1.807) is 32.2 Å². The monoisotopic (exact) mass is 288 g/mol. The third-order valence-electron chi connectivity index (χ3n) is 3.16. The van der Waals surface area contributed by atoms with E-state index in [0.29, 0.717) is 23.4 Å². The highest BCUT2D eigenvalue weighted by molar-refractivity contribution is 6.03. The van der Waals surface area contributed by atoms with Crippen molar-refractivity contribution in [1.82, 2.24) is 9.78 Å². The van der Waals surface area contributed by atoms with Crippen LogP contribution in [0.4, 0.5) is 11.4 Å². The number of hydrogen-bond donors (Lipinski definition) is 1. The van der Waals surface area contributed by atoms with Crippen LogP contribution in [0.1, 0.15) is 28.7 Å². The predicted octanol–water partition coefficient (Wildman–Crippen LogP) is 2.45. The van der Waals surface area contributed by atoms with Crippen LogP contribution in [0.2, 0.25) is 0 Å². The van der Waals surface area contributed by atoms with Crippen LogP contribution in [0.5, 0.6) is 0 Å². The molecule has 2 rings (SSSR count). The van der Waals surface area contributed by atoms with Crippen LogP contribution < -0.4 is 5.32 Å². The van der Waals surface area contributed by atoms with Gasteiger partial charge >= 0.3 is 0 Å². The van der Waals surface area contributed by atoms with Crippen molar-refractivity contribution in [2.45, 2.75) is 20.3 Å². The van der Waals surface area contributed by atoms with Gasteiger partial charge in [0.1, 0.15) is 5.69 Å². The van der Waals surface area contributed by atoms with Crippen LogP contribution in [-0.2, 0) is 13.5 Å². The summed E-state index contributed by atoms with van der Waals surface area (Å²) in [4.78, 5) is 22.7. The van der Waals surface area contributed by atoms with Gasteiger partial charge in [-0.15, -0.1) is 0 Å². The quantitative estimate of drug-likeness (QED) is 0.691. The van der Waals surface area contributed by atoms with Crippen molar-refractivity contribution >= 4 is 17.3 Å². The normalized spacial score (nSPS) is 10.4. The minimum Gasteiger partial charge on any atom is -0.320 e. The highest BCUT2D eigenvalue weighted by Crippen LogP contribution is 2.24. The average molecular weight is 288 g/mol. The summed E-state index contributed by atoms with van der Waals surface area (Å²) in [6, 6.07) is 6.35. The molecule has 1 aromatic carbocycles. The van der Waals surface area contributed by atoms with Crippen molar-refractivity contribution in [3.05, 3.63) is 51.3 Å². The molecule has 0 radical (unpaired) electrons. The van der Waals surface area contributed by atoms with Gasteiger partial charge in [-0.25, -0.2) is 0 Å². The Balaban J connectivity index is 2.27. The lowest BCUT2D eigenvalue weighted by Gasteiger charge is -2.07. The lowest BCUT2D eigenvalue weighted by atomic mass is 10.1. The van der Waals surface area contributed by atoms with E-state index >= 15 is 0 Å². The molecule has 0 bridgehead atoms. The molecule has 0 saturated carbocycles. The topological polar surface area (TPSA) is 90.1 Å². The van der Waals surface area contributed by atoms with E-state index in [4.69, 9.17) is 0 Å². The fourth-order valence-corrected chi connectivity index (χ4v) is 2.13. The third kappa shape index (κ3) is 3.07. The molecular weight excluding hydrogens is 272 g/mol. The number of carbonyl (C=O) groups is 1. The van der Waals surface area contributed by atoms with Gasteiger partial charge in [0.15, 0.2) is 0 Å². The number of nitro groups is 1. The van der Waals surface area contributed by atoms with E-state index < -0.39 is 4.92 Å². The van der Waals surface area contributed by atoms with Crippen LogP contribution in [0, 0.1) is 17.0 Å². The molecule has 0 fully saturated rings. The van der Waals surface area contributed by atoms with Crippen LogP contribution >= 0.6 is 0 Å². The number of carbonyl (C=O) groups excluding carboxylic acids is 1. The summed E-state index contributed by atoms with van der Waals surface area (Å²) in [6.07, 6.45) is 0.561. The van der Waals surface area contributed by atoms with Crippen LogP contribution in [0.25, 0.3) is 0 Å². The Bertz CT molecular complexity index is 706. The zero-order valence-electron chi connectivity index (χ0n) is 12.1. The summed E-state index contributed by atoms with van der Waals surface area (Å²) < 4.78 is 1.47. The van der Waals surface area contributed by atoms with Gasteiger partial charge in [-0.3, -0.25) is 19.6 Å². The van der Waals surface area contributed by atoms with E-state index in [0.717, 1.165) is 5.69 Å². The molecule has 0 unspecified atom stereocenters.